The Labute approximate surface area is 139 Å². The largest absolute Gasteiger partial charge is 0.508 e. The maximum atomic E-state index is 12.7. The van der Waals surface area contributed by atoms with Crippen LogP contribution in [-0.4, -0.2) is 19.3 Å². The average Bonchev–Trinajstić information content (AvgIpc) is 2.53. The van der Waals surface area contributed by atoms with Crippen molar-refractivity contribution in [2.45, 2.75) is 26.7 Å². The SMILES string of the molecule is CCCc1cc(=O)c2c(OC)c(OC)c3cc(O)cc(C)c3c2o1. The van der Waals surface area contributed by atoms with Crippen LogP contribution in [0.5, 0.6) is 17.2 Å². The topological polar surface area (TPSA) is 68.9 Å². The van der Waals surface area contributed by atoms with Gasteiger partial charge in [-0.2, -0.15) is 0 Å². The minimum Gasteiger partial charge on any atom is -0.508 e. The summed E-state index contributed by atoms with van der Waals surface area (Å²) in [6.07, 6.45) is 1.55. The second-order valence-electron chi connectivity index (χ2n) is 5.78. The molecule has 0 fully saturated rings. The summed E-state index contributed by atoms with van der Waals surface area (Å²) >= 11 is 0. The number of aryl methyl sites for hydroxylation is 2. The van der Waals surface area contributed by atoms with E-state index in [9.17, 15) is 9.90 Å². The molecule has 1 aromatic heterocycles. The molecule has 0 aliphatic heterocycles. The number of rotatable bonds is 4. The standard InChI is InChI=1S/C19H20O5/c1-5-6-12-9-14(21)16-18(24-12)15-10(2)7-11(20)8-13(15)17(22-3)19(16)23-4/h7-9,20H,5-6H2,1-4H3. The van der Waals surface area contributed by atoms with Gasteiger partial charge in [-0.15, -0.1) is 0 Å². The summed E-state index contributed by atoms with van der Waals surface area (Å²) in [5.41, 5.74) is 1.10. The number of hydrogen-bond donors (Lipinski definition) is 1. The van der Waals surface area contributed by atoms with Crippen LogP contribution in [0.1, 0.15) is 24.7 Å². The molecule has 0 bridgehead atoms. The van der Waals surface area contributed by atoms with Crippen LogP contribution in [0.25, 0.3) is 21.7 Å². The van der Waals surface area contributed by atoms with E-state index in [0.717, 1.165) is 17.4 Å². The summed E-state index contributed by atoms with van der Waals surface area (Å²) in [6.45, 7) is 3.89. The summed E-state index contributed by atoms with van der Waals surface area (Å²) in [7, 11) is 2.99. The second kappa shape index (κ2) is 6.07. The van der Waals surface area contributed by atoms with Crippen molar-refractivity contribution in [3.05, 3.63) is 39.7 Å². The lowest BCUT2D eigenvalue weighted by atomic mass is 9.99. The van der Waals surface area contributed by atoms with Crippen molar-refractivity contribution in [2.75, 3.05) is 14.2 Å². The molecule has 0 unspecified atom stereocenters. The predicted molar refractivity (Wildman–Crippen MR) is 93.5 cm³/mol. The first kappa shape index (κ1) is 16.2. The minimum absolute atomic E-state index is 0.117. The van der Waals surface area contributed by atoms with Crippen LogP contribution in [0.2, 0.25) is 0 Å². The first-order valence-electron chi connectivity index (χ1n) is 7.85. The molecule has 5 nitrogen and oxygen atoms in total. The fraction of sp³-hybridized carbons (Fsp3) is 0.316. The summed E-state index contributed by atoms with van der Waals surface area (Å²) in [4.78, 5) is 12.7. The lowest BCUT2D eigenvalue weighted by Gasteiger charge is -2.16. The summed E-state index contributed by atoms with van der Waals surface area (Å²) < 4.78 is 17.0. The van der Waals surface area contributed by atoms with Crippen LogP contribution < -0.4 is 14.9 Å². The van der Waals surface area contributed by atoms with Crippen molar-refractivity contribution in [1.29, 1.82) is 0 Å². The first-order valence-corrected chi connectivity index (χ1v) is 7.85. The van der Waals surface area contributed by atoms with Gasteiger partial charge in [0.15, 0.2) is 16.9 Å². The molecule has 0 saturated carbocycles. The molecular weight excluding hydrogens is 308 g/mol. The molecule has 0 atom stereocenters. The Hall–Kier alpha value is -2.69. The summed E-state index contributed by atoms with van der Waals surface area (Å²) in [6, 6.07) is 4.74. The molecule has 0 aliphatic rings. The maximum Gasteiger partial charge on any atom is 0.196 e. The third-order valence-electron chi connectivity index (χ3n) is 4.13. The molecule has 24 heavy (non-hydrogen) atoms. The molecule has 3 aromatic rings. The molecule has 3 rings (SSSR count). The number of phenolic OH excluding ortho intramolecular Hbond substituents is 1. The number of ether oxygens (including phenoxy) is 2. The van der Waals surface area contributed by atoms with E-state index in [1.54, 1.807) is 12.1 Å². The number of hydrogen-bond acceptors (Lipinski definition) is 5. The Morgan fingerprint density at radius 3 is 2.42 bits per heavy atom. The van der Waals surface area contributed by atoms with E-state index in [1.165, 1.54) is 20.3 Å². The molecule has 1 heterocycles. The highest BCUT2D eigenvalue weighted by atomic mass is 16.5. The van der Waals surface area contributed by atoms with Crippen molar-refractivity contribution in [3.63, 3.8) is 0 Å². The van der Waals surface area contributed by atoms with Gasteiger partial charge in [0, 0.05) is 23.3 Å². The molecule has 0 aliphatic carbocycles. The lowest BCUT2D eigenvalue weighted by molar-refractivity contribution is 0.361. The van der Waals surface area contributed by atoms with Crippen molar-refractivity contribution < 1.29 is 19.0 Å². The van der Waals surface area contributed by atoms with Gasteiger partial charge < -0.3 is 19.0 Å². The molecule has 0 amide bonds. The van der Waals surface area contributed by atoms with Crippen molar-refractivity contribution >= 4 is 21.7 Å². The molecule has 126 valence electrons. The zero-order chi connectivity index (χ0) is 17.4. The van der Waals surface area contributed by atoms with E-state index in [1.807, 2.05) is 13.8 Å². The van der Waals surface area contributed by atoms with Gasteiger partial charge in [-0.1, -0.05) is 6.92 Å². The Bertz CT molecular complexity index is 985. The van der Waals surface area contributed by atoms with E-state index >= 15 is 0 Å². The minimum atomic E-state index is -0.163. The van der Waals surface area contributed by atoms with Crippen LogP contribution in [0, 0.1) is 6.92 Å². The van der Waals surface area contributed by atoms with E-state index < -0.39 is 0 Å². The number of benzene rings is 2. The predicted octanol–water partition coefficient (Wildman–Crippen LogP) is 3.93. The van der Waals surface area contributed by atoms with Gasteiger partial charge in [-0.25, -0.2) is 0 Å². The van der Waals surface area contributed by atoms with Gasteiger partial charge in [0.25, 0.3) is 0 Å². The van der Waals surface area contributed by atoms with Crippen molar-refractivity contribution in [1.82, 2.24) is 0 Å². The van der Waals surface area contributed by atoms with Gasteiger partial charge in [0.2, 0.25) is 0 Å². The Morgan fingerprint density at radius 1 is 1.08 bits per heavy atom. The normalized spacial score (nSPS) is 11.2. The van der Waals surface area contributed by atoms with Crippen LogP contribution in [0.4, 0.5) is 0 Å². The van der Waals surface area contributed by atoms with Crippen molar-refractivity contribution in [3.8, 4) is 17.2 Å². The van der Waals surface area contributed by atoms with Crippen LogP contribution >= 0.6 is 0 Å². The highest BCUT2D eigenvalue weighted by molar-refractivity contribution is 6.12. The maximum absolute atomic E-state index is 12.7. The van der Waals surface area contributed by atoms with Crippen LogP contribution in [0.15, 0.2) is 27.4 Å². The highest BCUT2D eigenvalue weighted by Crippen LogP contribution is 2.44. The number of phenols is 1. The zero-order valence-corrected chi connectivity index (χ0v) is 14.2. The molecule has 0 saturated heterocycles. The lowest BCUT2D eigenvalue weighted by Crippen LogP contribution is -2.06. The molecule has 1 N–H and O–H groups in total. The van der Waals surface area contributed by atoms with Crippen LogP contribution in [0.3, 0.4) is 0 Å². The molecule has 0 spiro atoms. The van der Waals surface area contributed by atoms with E-state index in [2.05, 4.69) is 0 Å². The van der Waals surface area contributed by atoms with Crippen LogP contribution in [-0.2, 0) is 6.42 Å². The zero-order valence-electron chi connectivity index (χ0n) is 14.2. The quantitative estimate of drug-likeness (QED) is 0.735. The molecule has 5 heteroatoms. The first-order chi connectivity index (χ1) is 11.5. The molecule has 2 aromatic carbocycles. The smallest absolute Gasteiger partial charge is 0.196 e. The van der Waals surface area contributed by atoms with E-state index in [-0.39, 0.29) is 11.2 Å². The summed E-state index contributed by atoms with van der Waals surface area (Å²) in [5, 5.41) is 11.7. The van der Waals surface area contributed by atoms with Gasteiger partial charge in [-0.3, -0.25) is 4.79 Å². The third-order valence-corrected chi connectivity index (χ3v) is 4.13. The Kier molecular flexibility index (Phi) is 4.09. The Balaban J connectivity index is 2.63. The third kappa shape index (κ3) is 2.37. The summed E-state index contributed by atoms with van der Waals surface area (Å²) in [5.74, 6) is 1.49. The van der Waals surface area contributed by atoms with Gasteiger partial charge in [0.1, 0.15) is 22.5 Å². The molecule has 0 radical (unpaired) electrons. The Morgan fingerprint density at radius 2 is 1.79 bits per heavy atom. The molecular formula is C19H20O5. The van der Waals surface area contributed by atoms with E-state index in [0.29, 0.717) is 40.0 Å². The van der Waals surface area contributed by atoms with Gasteiger partial charge >= 0.3 is 0 Å². The second-order valence-corrected chi connectivity index (χ2v) is 5.78. The van der Waals surface area contributed by atoms with Crippen molar-refractivity contribution in [2.24, 2.45) is 0 Å². The fourth-order valence-electron chi connectivity index (χ4n) is 3.18. The monoisotopic (exact) mass is 328 g/mol. The highest BCUT2D eigenvalue weighted by Gasteiger charge is 2.22. The van der Waals surface area contributed by atoms with E-state index in [4.69, 9.17) is 13.9 Å². The fourth-order valence-corrected chi connectivity index (χ4v) is 3.18. The number of methoxy groups -OCH3 is 2. The van der Waals surface area contributed by atoms with Gasteiger partial charge in [-0.05, 0) is 31.0 Å². The van der Waals surface area contributed by atoms with Gasteiger partial charge in [0.05, 0.1) is 14.2 Å². The number of fused-ring (bicyclic) bond motifs is 3. The average molecular weight is 328 g/mol. The number of aromatic hydroxyl groups is 1.